The zero-order valence-electron chi connectivity index (χ0n) is 23.2. The van der Waals surface area contributed by atoms with Gasteiger partial charge in [0.15, 0.2) is 0 Å². The van der Waals surface area contributed by atoms with Crippen LogP contribution in [0.15, 0.2) is 12.2 Å². The first kappa shape index (κ1) is 31.7. The molecule has 6 nitrogen and oxygen atoms in total. The van der Waals surface area contributed by atoms with Gasteiger partial charge in [0.25, 0.3) is 0 Å². The fraction of sp³-hybridized carbons (Fsp3) is 0.867. The van der Waals surface area contributed by atoms with Crippen LogP contribution in [-0.2, 0) is 19.1 Å². The third-order valence-electron chi connectivity index (χ3n) is 8.79. The van der Waals surface area contributed by atoms with E-state index in [1.807, 2.05) is 0 Å². The monoisotopic (exact) mass is 526 g/mol. The molecule has 2 rings (SSSR count). The van der Waals surface area contributed by atoms with Crippen molar-refractivity contribution < 1.29 is 33.7 Å². The van der Waals surface area contributed by atoms with Crippen molar-refractivity contribution >= 4 is 11.9 Å². The standard InChI is InChI=1S/C30H51FO6/c1-22(18-32)28(34)36-19-27(20-37-29(35)30(2,3)21-33)26-15-13-25(14-16-26)12-11-24-9-7-23(8-10-24)6-4-5-17-31/h23-27,32-33H,1,4-21H2,2-3H3. The molecule has 0 aromatic carbocycles. The van der Waals surface area contributed by atoms with E-state index in [9.17, 15) is 19.1 Å². The summed E-state index contributed by atoms with van der Waals surface area (Å²) in [6.07, 6.45) is 15.0. The number of halogens is 1. The van der Waals surface area contributed by atoms with Gasteiger partial charge in [-0.25, -0.2) is 4.79 Å². The van der Waals surface area contributed by atoms with Gasteiger partial charge in [0, 0.05) is 5.92 Å². The molecule has 1 atom stereocenters. The van der Waals surface area contributed by atoms with E-state index in [1.54, 1.807) is 13.8 Å². The molecule has 0 radical (unpaired) electrons. The maximum absolute atomic E-state index is 12.4. The Hall–Kier alpha value is -1.47. The number of alkyl halides is 1. The lowest BCUT2D eigenvalue weighted by molar-refractivity contribution is -0.159. The fourth-order valence-electron chi connectivity index (χ4n) is 5.87. The zero-order chi connectivity index (χ0) is 27.3. The molecule has 0 bridgehead atoms. The molecule has 214 valence electrons. The van der Waals surface area contributed by atoms with Gasteiger partial charge in [0.1, 0.15) is 0 Å². The highest BCUT2D eigenvalue weighted by Gasteiger charge is 2.33. The van der Waals surface area contributed by atoms with Crippen LogP contribution >= 0.6 is 0 Å². The number of ether oxygens (including phenoxy) is 2. The lowest BCUT2D eigenvalue weighted by Gasteiger charge is -2.35. The third kappa shape index (κ3) is 11.0. The highest BCUT2D eigenvalue weighted by Crippen LogP contribution is 2.39. The van der Waals surface area contributed by atoms with E-state index < -0.39 is 24.0 Å². The van der Waals surface area contributed by atoms with Crippen LogP contribution in [0.25, 0.3) is 0 Å². The summed E-state index contributed by atoms with van der Waals surface area (Å²) in [7, 11) is 0. The Morgan fingerprint density at radius 1 is 0.865 bits per heavy atom. The first-order valence-electron chi connectivity index (χ1n) is 14.5. The Morgan fingerprint density at radius 3 is 1.89 bits per heavy atom. The van der Waals surface area contributed by atoms with Crippen molar-refractivity contribution in [2.24, 2.45) is 35.0 Å². The molecular formula is C30H51FO6. The number of carbonyl (C=O) groups excluding carboxylic acids is 2. The molecule has 0 aromatic heterocycles. The van der Waals surface area contributed by atoms with Crippen LogP contribution in [0, 0.1) is 35.0 Å². The predicted molar refractivity (Wildman–Crippen MR) is 142 cm³/mol. The van der Waals surface area contributed by atoms with E-state index in [2.05, 4.69) is 6.58 Å². The molecule has 0 amide bonds. The SMILES string of the molecule is C=C(CO)C(=O)OCC(COC(=O)C(C)(C)CO)C1CCC(CCC2CCC(CCCCF)CC2)CC1. The average Bonchev–Trinajstić information content (AvgIpc) is 2.92. The highest BCUT2D eigenvalue weighted by atomic mass is 19.1. The number of rotatable bonds is 16. The first-order valence-corrected chi connectivity index (χ1v) is 14.5. The zero-order valence-corrected chi connectivity index (χ0v) is 23.2. The molecular weight excluding hydrogens is 475 g/mol. The summed E-state index contributed by atoms with van der Waals surface area (Å²) in [6.45, 7) is 6.13. The van der Waals surface area contributed by atoms with Gasteiger partial charge in [0.2, 0.25) is 0 Å². The molecule has 7 heteroatoms. The van der Waals surface area contributed by atoms with E-state index in [0.717, 1.165) is 43.9 Å². The van der Waals surface area contributed by atoms with Crippen molar-refractivity contribution in [3.05, 3.63) is 12.2 Å². The van der Waals surface area contributed by atoms with E-state index in [0.29, 0.717) is 12.3 Å². The van der Waals surface area contributed by atoms with Crippen molar-refractivity contribution in [3.63, 3.8) is 0 Å². The summed E-state index contributed by atoms with van der Waals surface area (Å²) in [4.78, 5) is 24.4. The van der Waals surface area contributed by atoms with Crippen LogP contribution in [0.4, 0.5) is 4.39 Å². The van der Waals surface area contributed by atoms with Crippen LogP contribution < -0.4 is 0 Å². The topological polar surface area (TPSA) is 93.1 Å². The Kier molecular flexibility index (Phi) is 14.1. The van der Waals surface area contributed by atoms with Crippen molar-refractivity contribution in [1.29, 1.82) is 0 Å². The molecule has 0 aliphatic heterocycles. The Bertz CT molecular complexity index is 692. The van der Waals surface area contributed by atoms with Crippen LogP contribution in [-0.4, -0.2) is 55.3 Å². The van der Waals surface area contributed by atoms with E-state index in [1.165, 1.54) is 44.9 Å². The lowest BCUT2D eigenvalue weighted by Crippen LogP contribution is -2.35. The predicted octanol–water partition coefficient (Wildman–Crippen LogP) is 5.79. The van der Waals surface area contributed by atoms with Crippen molar-refractivity contribution in [2.75, 3.05) is 33.1 Å². The minimum Gasteiger partial charge on any atom is -0.465 e. The second-order valence-corrected chi connectivity index (χ2v) is 12.2. The van der Waals surface area contributed by atoms with E-state index in [-0.39, 0.29) is 43.9 Å². The molecule has 2 saturated carbocycles. The summed E-state index contributed by atoms with van der Waals surface area (Å²) < 4.78 is 23.3. The quantitative estimate of drug-likeness (QED) is 0.150. The molecule has 2 aliphatic carbocycles. The molecule has 0 heterocycles. The second kappa shape index (κ2) is 16.5. The van der Waals surface area contributed by atoms with Crippen LogP contribution in [0.3, 0.4) is 0 Å². The third-order valence-corrected chi connectivity index (χ3v) is 8.79. The Labute approximate surface area is 223 Å². The Balaban J connectivity index is 1.78. The van der Waals surface area contributed by atoms with Gasteiger partial charge in [-0.2, -0.15) is 0 Å². The molecule has 2 fully saturated rings. The van der Waals surface area contributed by atoms with Gasteiger partial charge in [-0.05, 0) is 56.8 Å². The van der Waals surface area contributed by atoms with Gasteiger partial charge < -0.3 is 19.7 Å². The van der Waals surface area contributed by atoms with Gasteiger partial charge >= 0.3 is 11.9 Å². The molecule has 0 aromatic rings. The van der Waals surface area contributed by atoms with Crippen molar-refractivity contribution in [1.82, 2.24) is 0 Å². The number of aliphatic hydroxyl groups is 2. The highest BCUT2D eigenvalue weighted by molar-refractivity contribution is 5.87. The van der Waals surface area contributed by atoms with Crippen LogP contribution in [0.2, 0.25) is 0 Å². The van der Waals surface area contributed by atoms with Gasteiger partial charge in [0.05, 0.1) is 44.1 Å². The summed E-state index contributed by atoms with van der Waals surface area (Å²) >= 11 is 0. The number of hydrogen-bond acceptors (Lipinski definition) is 6. The largest absolute Gasteiger partial charge is 0.465 e. The fourth-order valence-corrected chi connectivity index (χ4v) is 5.87. The van der Waals surface area contributed by atoms with Gasteiger partial charge in [-0.1, -0.05) is 70.8 Å². The van der Waals surface area contributed by atoms with Gasteiger partial charge in [-0.3, -0.25) is 9.18 Å². The number of carbonyl (C=O) groups is 2. The lowest BCUT2D eigenvalue weighted by atomic mass is 9.72. The number of hydrogen-bond donors (Lipinski definition) is 2. The van der Waals surface area contributed by atoms with Crippen molar-refractivity contribution in [2.45, 2.75) is 97.3 Å². The molecule has 37 heavy (non-hydrogen) atoms. The molecule has 0 saturated heterocycles. The summed E-state index contributed by atoms with van der Waals surface area (Å²) in [5.74, 6) is 1.43. The second-order valence-electron chi connectivity index (χ2n) is 12.2. The number of esters is 2. The minimum atomic E-state index is -0.975. The van der Waals surface area contributed by atoms with Crippen molar-refractivity contribution in [3.8, 4) is 0 Å². The summed E-state index contributed by atoms with van der Waals surface area (Å²) in [5, 5.41) is 18.6. The minimum absolute atomic E-state index is 0.00894. The molecule has 1 unspecified atom stereocenters. The Morgan fingerprint density at radius 2 is 1.38 bits per heavy atom. The smallest absolute Gasteiger partial charge is 0.335 e. The van der Waals surface area contributed by atoms with E-state index in [4.69, 9.17) is 14.6 Å². The van der Waals surface area contributed by atoms with Crippen LogP contribution in [0.5, 0.6) is 0 Å². The van der Waals surface area contributed by atoms with Gasteiger partial charge in [-0.15, -0.1) is 0 Å². The number of aliphatic hydroxyl groups excluding tert-OH is 2. The average molecular weight is 527 g/mol. The molecule has 2 N–H and O–H groups in total. The first-order chi connectivity index (χ1) is 17.7. The number of unbranched alkanes of at least 4 members (excludes halogenated alkanes) is 1. The molecule has 2 aliphatic rings. The maximum Gasteiger partial charge on any atom is 0.335 e. The molecule has 0 spiro atoms. The maximum atomic E-state index is 12.4. The van der Waals surface area contributed by atoms with Crippen LogP contribution in [0.1, 0.15) is 97.3 Å². The normalized spacial score (nSPS) is 25.3. The summed E-state index contributed by atoms with van der Waals surface area (Å²) in [6, 6.07) is 0. The summed E-state index contributed by atoms with van der Waals surface area (Å²) in [5.41, 5.74) is -0.966. The van der Waals surface area contributed by atoms with E-state index >= 15 is 0 Å².